The van der Waals surface area contributed by atoms with Gasteiger partial charge in [-0.05, 0) is 29.8 Å². The number of pyridine rings is 1. The molecule has 0 amide bonds. The Morgan fingerprint density at radius 3 is 2.50 bits per heavy atom. The lowest BCUT2D eigenvalue weighted by Crippen LogP contribution is -2.37. The van der Waals surface area contributed by atoms with Crippen LogP contribution in [0, 0.1) is 0 Å². The number of rotatable bonds is 6. The number of anilines is 1. The predicted molar refractivity (Wildman–Crippen MR) is 127 cm³/mol. The highest BCUT2D eigenvalue weighted by atomic mass is 16.5. The van der Waals surface area contributed by atoms with Gasteiger partial charge in [-0.1, -0.05) is 18.2 Å². The fraction of sp³-hybridized carbons (Fsp3) is 0.250. The van der Waals surface area contributed by atoms with E-state index in [9.17, 15) is 0 Å². The number of aliphatic imine (C=N–C) groups is 1. The molecule has 3 heterocycles. The molecule has 8 nitrogen and oxygen atoms in total. The van der Waals surface area contributed by atoms with Crippen molar-refractivity contribution in [3.63, 3.8) is 0 Å². The van der Waals surface area contributed by atoms with Crippen molar-refractivity contribution >= 4 is 17.9 Å². The van der Waals surface area contributed by atoms with Gasteiger partial charge in [0.05, 0.1) is 20.3 Å². The fourth-order valence-electron chi connectivity index (χ4n) is 3.54. The highest BCUT2D eigenvalue weighted by Crippen LogP contribution is 2.38. The molecule has 0 saturated carbocycles. The highest BCUT2D eigenvalue weighted by molar-refractivity contribution is 5.85. The molecule has 164 valence electrons. The smallest absolute Gasteiger partial charge is 0.226 e. The molecule has 0 aliphatic carbocycles. The third kappa shape index (κ3) is 4.60. The number of hydrogen-bond acceptors (Lipinski definition) is 8. The molecule has 1 aliphatic heterocycles. The average Bonchev–Trinajstić information content (AvgIpc) is 2.87. The summed E-state index contributed by atoms with van der Waals surface area (Å²) in [5, 5.41) is 0. The molecule has 4 rings (SSSR count). The van der Waals surface area contributed by atoms with Crippen molar-refractivity contribution in [1.82, 2.24) is 15.0 Å². The van der Waals surface area contributed by atoms with Gasteiger partial charge in [0.15, 0.2) is 5.75 Å². The van der Waals surface area contributed by atoms with Crippen molar-refractivity contribution in [3.8, 4) is 28.3 Å². The SMILES string of the molecule is CN=CC=C(N)c1cccc(-c2nc(N3CCOCC3)nc(-c3ccncc3)c2OC)c1. The summed E-state index contributed by atoms with van der Waals surface area (Å²) in [6, 6.07) is 11.7. The minimum Gasteiger partial charge on any atom is -0.492 e. The van der Waals surface area contributed by atoms with Gasteiger partial charge in [-0.3, -0.25) is 9.98 Å². The van der Waals surface area contributed by atoms with Gasteiger partial charge >= 0.3 is 0 Å². The van der Waals surface area contributed by atoms with E-state index in [1.54, 1.807) is 38.8 Å². The third-order valence-electron chi connectivity index (χ3n) is 5.18. The fourth-order valence-corrected chi connectivity index (χ4v) is 3.54. The largest absolute Gasteiger partial charge is 0.492 e. The molecule has 2 N–H and O–H groups in total. The van der Waals surface area contributed by atoms with Gasteiger partial charge in [0, 0.05) is 55.6 Å². The lowest BCUT2D eigenvalue weighted by Gasteiger charge is -2.28. The molecule has 0 radical (unpaired) electrons. The average molecular weight is 431 g/mol. The van der Waals surface area contributed by atoms with Crippen LogP contribution in [-0.2, 0) is 4.74 Å². The van der Waals surface area contributed by atoms with Crippen molar-refractivity contribution < 1.29 is 9.47 Å². The van der Waals surface area contributed by atoms with Gasteiger partial charge in [-0.2, -0.15) is 0 Å². The molecule has 2 aromatic heterocycles. The maximum atomic E-state index is 6.24. The van der Waals surface area contributed by atoms with Gasteiger partial charge in [0.25, 0.3) is 0 Å². The van der Waals surface area contributed by atoms with E-state index in [1.165, 1.54) is 0 Å². The first-order chi connectivity index (χ1) is 15.7. The number of benzene rings is 1. The molecule has 8 heteroatoms. The molecule has 32 heavy (non-hydrogen) atoms. The van der Waals surface area contributed by atoms with Gasteiger partial charge in [-0.15, -0.1) is 0 Å². The monoisotopic (exact) mass is 430 g/mol. The molecule has 0 spiro atoms. The van der Waals surface area contributed by atoms with E-state index >= 15 is 0 Å². The van der Waals surface area contributed by atoms with E-state index in [4.69, 9.17) is 25.2 Å². The molecule has 1 aliphatic rings. The molecule has 1 fully saturated rings. The number of hydrogen-bond donors (Lipinski definition) is 1. The molecule has 0 unspecified atom stereocenters. The van der Waals surface area contributed by atoms with Crippen LogP contribution < -0.4 is 15.4 Å². The van der Waals surface area contributed by atoms with Crippen LogP contribution in [0.1, 0.15) is 5.56 Å². The number of ether oxygens (including phenoxy) is 2. The second-order valence-electron chi connectivity index (χ2n) is 7.20. The molecule has 0 atom stereocenters. The number of methoxy groups -OCH3 is 1. The Morgan fingerprint density at radius 2 is 1.81 bits per heavy atom. The molecule has 1 saturated heterocycles. The van der Waals surface area contributed by atoms with Crippen molar-refractivity contribution in [2.75, 3.05) is 45.4 Å². The van der Waals surface area contributed by atoms with Crippen molar-refractivity contribution in [2.24, 2.45) is 10.7 Å². The Hall–Kier alpha value is -3.78. The van der Waals surface area contributed by atoms with E-state index < -0.39 is 0 Å². The first-order valence-electron chi connectivity index (χ1n) is 10.4. The molecule has 0 bridgehead atoms. The molecular formula is C24H26N6O2. The summed E-state index contributed by atoms with van der Waals surface area (Å²) < 4.78 is 11.3. The Kier molecular flexibility index (Phi) is 6.72. The van der Waals surface area contributed by atoms with Crippen LogP contribution in [0.15, 0.2) is 59.9 Å². The Morgan fingerprint density at radius 1 is 1.09 bits per heavy atom. The maximum absolute atomic E-state index is 6.24. The molecule has 3 aromatic rings. The van der Waals surface area contributed by atoms with Crippen LogP contribution in [-0.4, -0.2) is 61.6 Å². The minimum absolute atomic E-state index is 0.600. The van der Waals surface area contributed by atoms with Gasteiger partial charge < -0.3 is 20.1 Å². The molecular weight excluding hydrogens is 404 g/mol. The zero-order chi connectivity index (χ0) is 22.3. The Bertz CT molecular complexity index is 1120. The second kappa shape index (κ2) is 10.0. The van der Waals surface area contributed by atoms with Crippen LogP contribution >= 0.6 is 0 Å². The summed E-state index contributed by atoms with van der Waals surface area (Å²) in [6.07, 6.45) is 6.93. The van der Waals surface area contributed by atoms with Crippen LogP contribution in [0.3, 0.4) is 0 Å². The van der Waals surface area contributed by atoms with Crippen LogP contribution in [0.2, 0.25) is 0 Å². The summed E-state index contributed by atoms with van der Waals surface area (Å²) in [5.74, 6) is 1.24. The standard InChI is InChI=1S/C24H26N6O2/c1-26-9-8-20(25)18-4-3-5-19(16-18)22-23(31-2)21(17-6-10-27-11-7-17)28-24(29-22)30-12-14-32-15-13-30/h3-11,16H,12-15,25H2,1-2H3. The van der Waals surface area contributed by atoms with E-state index in [2.05, 4.69) is 14.9 Å². The number of nitrogens with two attached hydrogens (primary N) is 1. The van der Waals surface area contributed by atoms with Crippen LogP contribution in [0.4, 0.5) is 5.95 Å². The van der Waals surface area contributed by atoms with Crippen LogP contribution in [0.25, 0.3) is 28.2 Å². The van der Waals surface area contributed by atoms with Crippen molar-refractivity contribution in [1.29, 1.82) is 0 Å². The zero-order valence-corrected chi connectivity index (χ0v) is 18.2. The quantitative estimate of drug-likeness (QED) is 0.600. The number of morpholine rings is 1. The summed E-state index contributed by atoms with van der Waals surface area (Å²) in [6.45, 7) is 2.75. The normalized spacial score (nSPS) is 14.7. The number of nitrogens with zero attached hydrogens (tertiary/aromatic N) is 5. The Balaban J connectivity index is 1.89. The third-order valence-corrected chi connectivity index (χ3v) is 5.18. The Labute approximate surface area is 187 Å². The van der Waals surface area contributed by atoms with Crippen molar-refractivity contribution in [3.05, 3.63) is 60.4 Å². The summed E-state index contributed by atoms with van der Waals surface area (Å²) in [4.78, 5) is 20.0. The topological polar surface area (TPSA) is 98.8 Å². The van der Waals surface area contributed by atoms with E-state index in [-0.39, 0.29) is 0 Å². The summed E-state index contributed by atoms with van der Waals surface area (Å²) in [7, 11) is 3.34. The van der Waals surface area contributed by atoms with Crippen molar-refractivity contribution in [2.45, 2.75) is 0 Å². The number of aromatic nitrogens is 3. The van der Waals surface area contributed by atoms with E-state index in [0.29, 0.717) is 42.0 Å². The molecule has 1 aromatic carbocycles. The lowest BCUT2D eigenvalue weighted by molar-refractivity contribution is 0.122. The zero-order valence-electron chi connectivity index (χ0n) is 18.2. The lowest BCUT2D eigenvalue weighted by atomic mass is 10.0. The first kappa shape index (κ1) is 21.5. The first-order valence-corrected chi connectivity index (χ1v) is 10.4. The van der Waals surface area contributed by atoms with E-state index in [0.717, 1.165) is 29.8 Å². The predicted octanol–water partition coefficient (Wildman–Crippen LogP) is 3.05. The minimum atomic E-state index is 0.600. The van der Waals surface area contributed by atoms with Gasteiger partial charge in [0.2, 0.25) is 5.95 Å². The van der Waals surface area contributed by atoms with Crippen LogP contribution in [0.5, 0.6) is 5.75 Å². The maximum Gasteiger partial charge on any atom is 0.226 e. The van der Waals surface area contributed by atoms with E-state index in [1.807, 2.05) is 36.4 Å². The van der Waals surface area contributed by atoms with Gasteiger partial charge in [0.1, 0.15) is 11.4 Å². The van der Waals surface area contributed by atoms with Gasteiger partial charge in [-0.25, -0.2) is 9.97 Å². The number of allylic oxidation sites excluding steroid dienone is 1. The highest BCUT2D eigenvalue weighted by Gasteiger charge is 2.22. The second-order valence-corrected chi connectivity index (χ2v) is 7.20. The summed E-state index contributed by atoms with van der Waals surface area (Å²) in [5.41, 5.74) is 11.0. The summed E-state index contributed by atoms with van der Waals surface area (Å²) >= 11 is 0.